The van der Waals surface area contributed by atoms with Gasteiger partial charge in [-0.05, 0) is 43.4 Å². The molecule has 0 spiro atoms. The van der Waals surface area contributed by atoms with Crippen LogP contribution in [0.2, 0.25) is 0 Å². The van der Waals surface area contributed by atoms with E-state index in [1.807, 2.05) is 23.1 Å². The predicted molar refractivity (Wildman–Crippen MR) is 103 cm³/mol. The largest absolute Gasteiger partial charge is 0.493 e. The highest BCUT2D eigenvalue weighted by atomic mass is 16.5. The fraction of sp³-hybridized carbons (Fsp3) is 0.619. The minimum Gasteiger partial charge on any atom is -0.493 e. The van der Waals surface area contributed by atoms with Crippen LogP contribution in [0.4, 0.5) is 0 Å². The summed E-state index contributed by atoms with van der Waals surface area (Å²) >= 11 is 0. The summed E-state index contributed by atoms with van der Waals surface area (Å²) < 4.78 is 10.5. The molecule has 1 aliphatic carbocycles. The van der Waals surface area contributed by atoms with Crippen molar-refractivity contribution in [2.45, 2.75) is 38.5 Å². The Labute approximate surface area is 161 Å². The number of methoxy groups -OCH3 is 2. The van der Waals surface area contributed by atoms with Gasteiger partial charge in [-0.1, -0.05) is 18.9 Å². The number of carbonyl (C=O) groups excluding carboxylic acids is 2. The first-order valence-corrected chi connectivity index (χ1v) is 9.91. The van der Waals surface area contributed by atoms with Crippen molar-refractivity contribution in [3.8, 4) is 11.5 Å². The number of likely N-dealkylation sites (tertiary alicyclic amines) is 1. The SMILES string of the molecule is COc1ccc(CCNC(=O)C2CC2C(=O)N2CCCCCC2)cc1OC. The molecular weight excluding hydrogens is 344 g/mol. The molecule has 2 fully saturated rings. The molecule has 6 heteroatoms. The summed E-state index contributed by atoms with van der Waals surface area (Å²) in [5.74, 6) is 1.31. The van der Waals surface area contributed by atoms with E-state index in [1.54, 1.807) is 14.2 Å². The number of carbonyl (C=O) groups is 2. The van der Waals surface area contributed by atoms with Gasteiger partial charge in [-0.15, -0.1) is 0 Å². The molecule has 1 heterocycles. The van der Waals surface area contributed by atoms with E-state index in [0.717, 1.165) is 31.5 Å². The lowest BCUT2D eigenvalue weighted by Crippen LogP contribution is -2.35. The Hall–Kier alpha value is -2.24. The summed E-state index contributed by atoms with van der Waals surface area (Å²) in [5, 5.41) is 2.98. The Morgan fingerprint density at radius 1 is 1.04 bits per heavy atom. The molecule has 1 saturated carbocycles. The first-order chi connectivity index (χ1) is 13.1. The fourth-order valence-corrected chi connectivity index (χ4v) is 3.78. The first kappa shape index (κ1) is 19.5. The molecule has 1 aromatic carbocycles. The van der Waals surface area contributed by atoms with Crippen molar-refractivity contribution in [2.75, 3.05) is 33.9 Å². The lowest BCUT2D eigenvalue weighted by Gasteiger charge is -2.20. The van der Waals surface area contributed by atoms with E-state index in [2.05, 4.69) is 5.32 Å². The van der Waals surface area contributed by atoms with Crippen LogP contribution in [0.25, 0.3) is 0 Å². The number of rotatable bonds is 7. The number of amides is 2. The van der Waals surface area contributed by atoms with Gasteiger partial charge in [0.15, 0.2) is 11.5 Å². The van der Waals surface area contributed by atoms with Crippen molar-refractivity contribution in [3.63, 3.8) is 0 Å². The average Bonchev–Trinajstić information content (AvgIpc) is 3.51. The molecule has 6 nitrogen and oxygen atoms in total. The molecule has 0 aromatic heterocycles. The maximum Gasteiger partial charge on any atom is 0.226 e. The maximum atomic E-state index is 12.6. The number of nitrogens with one attached hydrogen (secondary N) is 1. The highest BCUT2D eigenvalue weighted by Crippen LogP contribution is 2.40. The molecule has 27 heavy (non-hydrogen) atoms. The van der Waals surface area contributed by atoms with Crippen LogP contribution in [0.5, 0.6) is 11.5 Å². The van der Waals surface area contributed by atoms with Gasteiger partial charge in [0.1, 0.15) is 0 Å². The Morgan fingerprint density at radius 3 is 2.41 bits per heavy atom. The molecule has 1 saturated heterocycles. The molecule has 1 N–H and O–H groups in total. The van der Waals surface area contributed by atoms with Gasteiger partial charge in [-0.25, -0.2) is 0 Å². The summed E-state index contributed by atoms with van der Waals surface area (Å²) in [5.41, 5.74) is 1.07. The highest BCUT2D eigenvalue weighted by Gasteiger charge is 2.49. The molecule has 0 radical (unpaired) electrons. The number of hydrogen-bond acceptors (Lipinski definition) is 4. The fourth-order valence-electron chi connectivity index (χ4n) is 3.78. The van der Waals surface area contributed by atoms with Crippen LogP contribution in [0.3, 0.4) is 0 Å². The third kappa shape index (κ3) is 4.93. The van der Waals surface area contributed by atoms with E-state index in [1.165, 1.54) is 12.8 Å². The van der Waals surface area contributed by atoms with E-state index in [0.29, 0.717) is 30.9 Å². The van der Waals surface area contributed by atoms with Crippen LogP contribution in [0.1, 0.15) is 37.7 Å². The quantitative estimate of drug-likeness (QED) is 0.796. The summed E-state index contributed by atoms with van der Waals surface area (Å²) in [7, 11) is 3.22. The summed E-state index contributed by atoms with van der Waals surface area (Å²) in [6.07, 6.45) is 5.98. The van der Waals surface area contributed by atoms with Crippen molar-refractivity contribution in [1.82, 2.24) is 10.2 Å². The van der Waals surface area contributed by atoms with E-state index in [-0.39, 0.29) is 23.7 Å². The van der Waals surface area contributed by atoms with Gasteiger partial charge in [0.05, 0.1) is 26.1 Å². The molecule has 2 unspecified atom stereocenters. The van der Waals surface area contributed by atoms with Gasteiger partial charge in [-0.2, -0.15) is 0 Å². The summed E-state index contributed by atoms with van der Waals surface area (Å²) in [4.78, 5) is 26.9. The van der Waals surface area contributed by atoms with Crippen molar-refractivity contribution >= 4 is 11.8 Å². The standard InChI is InChI=1S/C21H30N2O4/c1-26-18-8-7-15(13-19(18)27-2)9-10-22-20(24)16-14-17(16)21(25)23-11-5-3-4-6-12-23/h7-8,13,16-17H,3-6,9-12,14H2,1-2H3,(H,22,24). The zero-order valence-corrected chi connectivity index (χ0v) is 16.3. The van der Waals surface area contributed by atoms with Gasteiger partial charge in [0.2, 0.25) is 11.8 Å². The smallest absolute Gasteiger partial charge is 0.226 e. The van der Waals surface area contributed by atoms with E-state index in [4.69, 9.17) is 9.47 Å². The first-order valence-electron chi connectivity index (χ1n) is 9.91. The lowest BCUT2D eigenvalue weighted by molar-refractivity contribution is -0.134. The second kappa shape index (κ2) is 9.11. The molecule has 2 aliphatic rings. The molecular formula is C21H30N2O4. The second-order valence-corrected chi connectivity index (χ2v) is 7.42. The third-order valence-electron chi connectivity index (χ3n) is 5.52. The van der Waals surface area contributed by atoms with Crippen molar-refractivity contribution in [1.29, 1.82) is 0 Å². The molecule has 2 atom stereocenters. The van der Waals surface area contributed by atoms with E-state index in [9.17, 15) is 9.59 Å². The minimum atomic E-state index is -0.147. The zero-order chi connectivity index (χ0) is 19.2. The lowest BCUT2D eigenvalue weighted by atomic mass is 10.1. The number of ether oxygens (including phenoxy) is 2. The predicted octanol–water partition coefficient (Wildman–Crippen LogP) is 2.40. The van der Waals surface area contributed by atoms with Crippen LogP contribution in [-0.2, 0) is 16.0 Å². The van der Waals surface area contributed by atoms with Gasteiger partial charge in [-0.3, -0.25) is 9.59 Å². The molecule has 148 valence electrons. The van der Waals surface area contributed by atoms with Crippen molar-refractivity contribution in [2.24, 2.45) is 11.8 Å². The Morgan fingerprint density at radius 2 is 1.74 bits per heavy atom. The van der Waals surface area contributed by atoms with Gasteiger partial charge >= 0.3 is 0 Å². The van der Waals surface area contributed by atoms with Gasteiger partial charge < -0.3 is 19.7 Å². The maximum absolute atomic E-state index is 12.6. The number of hydrogen-bond donors (Lipinski definition) is 1. The van der Waals surface area contributed by atoms with Crippen LogP contribution in [-0.4, -0.2) is 50.6 Å². The van der Waals surface area contributed by atoms with E-state index >= 15 is 0 Å². The summed E-state index contributed by atoms with van der Waals surface area (Å²) in [6.45, 7) is 2.25. The van der Waals surface area contributed by atoms with Gasteiger partial charge in [0, 0.05) is 19.6 Å². The minimum absolute atomic E-state index is 0.00338. The molecule has 2 amide bonds. The van der Waals surface area contributed by atoms with Crippen LogP contribution in [0, 0.1) is 11.8 Å². The normalized spacial score (nSPS) is 21.9. The van der Waals surface area contributed by atoms with Crippen LogP contribution < -0.4 is 14.8 Å². The second-order valence-electron chi connectivity index (χ2n) is 7.42. The molecule has 0 bridgehead atoms. The summed E-state index contributed by atoms with van der Waals surface area (Å²) in [6, 6.07) is 5.76. The molecule has 1 aromatic rings. The Bertz CT molecular complexity index is 668. The Kier molecular flexibility index (Phi) is 6.58. The highest BCUT2D eigenvalue weighted by molar-refractivity contribution is 5.92. The topological polar surface area (TPSA) is 67.9 Å². The van der Waals surface area contributed by atoms with Crippen LogP contribution >= 0.6 is 0 Å². The van der Waals surface area contributed by atoms with Crippen molar-refractivity contribution in [3.05, 3.63) is 23.8 Å². The number of benzene rings is 1. The van der Waals surface area contributed by atoms with Crippen LogP contribution in [0.15, 0.2) is 18.2 Å². The Balaban J connectivity index is 1.43. The monoisotopic (exact) mass is 374 g/mol. The third-order valence-corrected chi connectivity index (χ3v) is 5.52. The molecule has 1 aliphatic heterocycles. The zero-order valence-electron chi connectivity index (χ0n) is 16.3. The number of nitrogens with zero attached hydrogens (tertiary/aromatic N) is 1. The van der Waals surface area contributed by atoms with Gasteiger partial charge in [0.25, 0.3) is 0 Å². The molecule has 3 rings (SSSR count). The van der Waals surface area contributed by atoms with E-state index < -0.39 is 0 Å². The van der Waals surface area contributed by atoms with Crippen molar-refractivity contribution < 1.29 is 19.1 Å². The average molecular weight is 374 g/mol.